The molecule has 2 rings (SSSR count). The Labute approximate surface area is 119 Å². The van der Waals surface area contributed by atoms with Crippen molar-refractivity contribution in [2.75, 3.05) is 19.6 Å². The van der Waals surface area contributed by atoms with E-state index < -0.39 is 11.6 Å². The van der Waals surface area contributed by atoms with E-state index in [-0.39, 0.29) is 12.4 Å². The minimum absolute atomic E-state index is 0. The highest BCUT2D eigenvalue weighted by molar-refractivity contribution is 5.85. The zero-order chi connectivity index (χ0) is 13.0. The highest BCUT2D eigenvalue weighted by Crippen LogP contribution is 2.21. The molecule has 0 amide bonds. The maximum absolute atomic E-state index is 13.1. The Morgan fingerprint density at radius 2 is 1.89 bits per heavy atom. The summed E-state index contributed by atoms with van der Waals surface area (Å²) >= 11 is 0. The van der Waals surface area contributed by atoms with Crippen molar-refractivity contribution in [3.05, 3.63) is 35.4 Å². The van der Waals surface area contributed by atoms with Crippen LogP contribution >= 0.6 is 12.4 Å². The number of hydrogen-bond donors (Lipinski definition) is 1. The van der Waals surface area contributed by atoms with Crippen LogP contribution < -0.4 is 5.73 Å². The van der Waals surface area contributed by atoms with Gasteiger partial charge in [0.2, 0.25) is 0 Å². The number of rotatable bonds is 4. The Kier molecular flexibility index (Phi) is 6.69. The number of benzene rings is 1. The number of halogens is 3. The number of hydrogen-bond acceptors (Lipinski definition) is 2. The fourth-order valence-electron chi connectivity index (χ4n) is 2.73. The van der Waals surface area contributed by atoms with Gasteiger partial charge in [-0.15, -0.1) is 12.4 Å². The molecule has 1 unspecified atom stereocenters. The highest BCUT2D eigenvalue weighted by atomic mass is 35.5. The van der Waals surface area contributed by atoms with E-state index in [9.17, 15) is 8.78 Å². The van der Waals surface area contributed by atoms with E-state index in [4.69, 9.17) is 5.73 Å². The first kappa shape index (κ1) is 16.3. The molecule has 2 nitrogen and oxygen atoms in total. The first-order valence-electron chi connectivity index (χ1n) is 6.55. The van der Waals surface area contributed by atoms with E-state index in [2.05, 4.69) is 4.90 Å². The van der Waals surface area contributed by atoms with Gasteiger partial charge >= 0.3 is 0 Å². The third-order valence-corrected chi connectivity index (χ3v) is 3.51. The van der Waals surface area contributed by atoms with Crippen molar-refractivity contribution in [3.8, 4) is 0 Å². The SMILES string of the molecule is Cl.NCCC1CCCN(Cc2cc(F)cc(F)c2)C1. The van der Waals surface area contributed by atoms with Crippen LogP contribution in [0, 0.1) is 17.6 Å². The zero-order valence-electron chi connectivity index (χ0n) is 10.9. The summed E-state index contributed by atoms with van der Waals surface area (Å²) in [7, 11) is 0. The molecule has 1 saturated heterocycles. The van der Waals surface area contributed by atoms with Crippen molar-refractivity contribution < 1.29 is 8.78 Å². The molecule has 1 fully saturated rings. The number of nitrogens with two attached hydrogens (primary N) is 1. The monoisotopic (exact) mass is 290 g/mol. The van der Waals surface area contributed by atoms with Gasteiger partial charge in [0.1, 0.15) is 11.6 Å². The lowest BCUT2D eigenvalue weighted by atomic mass is 9.94. The molecule has 108 valence electrons. The van der Waals surface area contributed by atoms with E-state index in [0.717, 1.165) is 32.0 Å². The zero-order valence-corrected chi connectivity index (χ0v) is 11.8. The Morgan fingerprint density at radius 1 is 1.21 bits per heavy atom. The molecule has 1 atom stereocenters. The Balaban J connectivity index is 0.00000180. The van der Waals surface area contributed by atoms with Gasteiger partial charge in [-0.05, 0) is 56.0 Å². The van der Waals surface area contributed by atoms with Crippen LogP contribution in [0.5, 0.6) is 0 Å². The average Bonchev–Trinajstić information content (AvgIpc) is 2.28. The van der Waals surface area contributed by atoms with E-state index in [1.165, 1.54) is 18.6 Å². The molecule has 0 aromatic heterocycles. The standard InChI is InChI=1S/C14H20F2N2.ClH/c15-13-6-12(7-14(16)8-13)10-18-5-1-2-11(9-18)3-4-17;/h6-8,11H,1-5,9-10,17H2;1H. The summed E-state index contributed by atoms with van der Waals surface area (Å²) < 4.78 is 26.2. The van der Waals surface area contributed by atoms with Crippen molar-refractivity contribution in [2.24, 2.45) is 11.7 Å². The Hall–Kier alpha value is -0.710. The first-order chi connectivity index (χ1) is 8.67. The molecule has 0 bridgehead atoms. The molecule has 0 aliphatic carbocycles. The summed E-state index contributed by atoms with van der Waals surface area (Å²) in [6, 6.07) is 3.74. The van der Waals surface area contributed by atoms with Gasteiger partial charge in [0.05, 0.1) is 0 Å². The quantitative estimate of drug-likeness (QED) is 0.924. The molecule has 1 aromatic carbocycles. The van der Waals surface area contributed by atoms with Crippen LogP contribution in [0.2, 0.25) is 0 Å². The van der Waals surface area contributed by atoms with Crippen molar-refractivity contribution in [1.29, 1.82) is 0 Å². The lowest BCUT2D eigenvalue weighted by molar-refractivity contribution is 0.163. The number of likely N-dealkylation sites (tertiary alicyclic amines) is 1. The van der Waals surface area contributed by atoms with Crippen LogP contribution in [0.4, 0.5) is 8.78 Å². The Bertz CT molecular complexity index is 379. The average molecular weight is 291 g/mol. The largest absolute Gasteiger partial charge is 0.330 e. The van der Waals surface area contributed by atoms with Crippen LogP contribution in [0.3, 0.4) is 0 Å². The van der Waals surface area contributed by atoms with Crippen LogP contribution in [0.1, 0.15) is 24.8 Å². The molecule has 5 heteroatoms. The van der Waals surface area contributed by atoms with Gasteiger partial charge in [0.15, 0.2) is 0 Å². The maximum Gasteiger partial charge on any atom is 0.126 e. The van der Waals surface area contributed by atoms with E-state index in [1.54, 1.807) is 0 Å². The van der Waals surface area contributed by atoms with Crippen molar-refractivity contribution in [1.82, 2.24) is 4.90 Å². The summed E-state index contributed by atoms with van der Waals surface area (Å²) in [4.78, 5) is 2.26. The fraction of sp³-hybridized carbons (Fsp3) is 0.571. The first-order valence-corrected chi connectivity index (χ1v) is 6.55. The summed E-state index contributed by atoms with van der Waals surface area (Å²) in [5.41, 5.74) is 6.29. The molecule has 1 aliphatic rings. The van der Waals surface area contributed by atoms with Gasteiger partial charge in [-0.25, -0.2) is 8.78 Å². The van der Waals surface area contributed by atoms with E-state index in [1.807, 2.05) is 0 Å². The van der Waals surface area contributed by atoms with Crippen molar-refractivity contribution in [3.63, 3.8) is 0 Å². The molecule has 19 heavy (non-hydrogen) atoms. The molecule has 1 heterocycles. The normalized spacial score (nSPS) is 20.1. The predicted molar refractivity (Wildman–Crippen MR) is 75.3 cm³/mol. The van der Waals surface area contributed by atoms with E-state index >= 15 is 0 Å². The fourth-order valence-corrected chi connectivity index (χ4v) is 2.73. The number of piperidine rings is 1. The van der Waals surface area contributed by atoms with E-state index in [0.29, 0.717) is 24.6 Å². The van der Waals surface area contributed by atoms with Crippen LogP contribution in [0.15, 0.2) is 18.2 Å². The van der Waals surface area contributed by atoms with Crippen molar-refractivity contribution >= 4 is 12.4 Å². The molecule has 1 aliphatic heterocycles. The van der Waals surface area contributed by atoms with Crippen LogP contribution in [-0.4, -0.2) is 24.5 Å². The highest BCUT2D eigenvalue weighted by Gasteiger charge is 2.19. The molecular formula is C14H21ClF2N2. The smallest absolute Gasteiger partial charge is 0.126 e. The second kappa shape index (κ2) is 7.78. The third kappa shape index (κ3) is 5.05. The minimum Gasteiger partial charge on any atom is -0.330 e. The van der Waals surface area contributed by atoms with Gasteiger partial charge in [0, 0.05) is 19.2 Å². The van der Waals surface area contributed by atoms with Crippen molar-refractivity contribution in [2.45, 2.75) is 25.8 Å². The number of nitrogens with zero attached hydrogens (tertiary/aromatic N) is 1. The second-order valence-corrected chi connectivity index (χ2v) is 5.10. The summed E-state index contributed by atoms with van der Waals surface area (Å²) in [6.45, 7) is 3.32. The summed E-state index contributed by atoms with van der Waals surface area (Å²) in [5.74, 6) is -0.372. The van der Waals surface area contributed by atoms with Gasteiger partial charge in [-0.2, -0.15) is 0 Å². The third-order valence-electron chi connectivity index (χ3n) is 3.51. The topological polar surface area (TPSA) is 29.3 Å². The van der Waals surface area contributed by atoms with Gasteiger partial charge in [-0.1, -0.05) is 0 Å². The lowest BCUT2D eigenvalue weighted by Crippen LogP contribution is -2.35. The summed E-state index contributed by atoms with van der Waals surface area (Å²) in [5, 5.41) is 0. The maximum atomic E-state index is 13.1. The van der Waals surface area contributed by atoms with Gasteiger partial charge < -0.3 is 5.73 Å². The Morgan fingerprint density at radius 3 is 2.53 bits per heavy atom. The predicted octanol–water partition coefficient (Wildman–Crippen LogP) is 2.95. The summed E-state index contributed by atoms with van der Waals surface area (Å²) in [6.07, 6.45) is 3.39. The van der Waals surface area contributed by atoms with Crippen LogP contribution in [0.25, 0.3) is 0 Å². The minimum atomic E-state index is -0.500. The van der Waals surface area contributed by atoms with Crippen LogP contribution in [-0.2, 0) is 6.54 Å². The molecule has 0 saturated carbocycles. The lowest BCUT2D eigenvalue weighted by Gasteiger charge is -2.32. The molecule has 1 aromatic rings. The second-order valence-electron chi connectivity index (χ2n) is 5.10. The van der Waals surface area contributed by atoms with Gasteiger partial charge in [0.25, 0.3) is 0 Å². The molecule has 0 spiro atoms. The van der Waals surface area contributed by atoms with Gasteiger partial charge in [-0.3, -0.25) is 4.90 Å². The molecular weight excluding hydrogens is 270 g/mol. The molecule has 2 N–H and O–H groups in total. The molecule has 0 radical (unpaired) electrons.